The standard InChI is InChI=1S/C18H28N6.HI/c1-4-6-7-10-21-18(19-5-2)23-14-16-8-9-17(22-13-16)24-12-11-20-15(24)3;/h8-9,11-13H,4-7,10,14H2,1-3H3,(H2,19,21,23);1H. The van der Waals surface area contributed by atoms with Gasteiger partial charge in [0.05, 0.1) is 6.54 Å². The van der Waals surface area contributed by atoms with Crippen molar-refractivity contribution in [3.05, 3.63) is 42.1 Å². The molecule has 0 bridgehead atoms. The molecule has 0 spiro atoms. The topological polar surface area (TPSA) is 67.1 Å². The molecule has 7 heteroatoms. The minimum absolute atomic E-state index is 0. The maximum atomic E-state index is 4.63. The van der Waals surface area contributed by atoms with Gasteiger partial charge in [0.15, 0.2) is 5.96 Å². The maximum absolute atomic E-state index is 4.63. The minimum atomic E-state index is 0. The molecule has 2 N–H and O–H groups in total. The molecule has 0 fully saturated rings. The summed E-state index contributed by atoms with van der Waals surface area (Å²) in [7, 11) is 0. The Bertz CT molecular complexity index is 635. The van der Waals surface area contributed by atoms with Crippen LogP contribution in [0.2, 0.25) is 0 Å². The molecule has 25 heavy (non-hydrogen) atoms. The van der Waals surface area contributed by atoms with E-state index in [9.17, 15) is 0 Å². The third-order valence-corrected chi connectivity index (χ3v) is 3.72. The summed E-state index contributed by atoms with van der Waals surface area (Å²) in [5, 5.41) is 6.65. The second kappa shape index (κ2) is 11.8. The quantitative estimate of drug-likeness (QED) is 0.277. The zero-order valence-corrected chi connectivity index (χ0v) is 17.7. The second-order valence-electron chi connectivity index (χ2n) is 5.70. The lowest BCUT2D eigenvalue weighted by molar-refractivity contribution is 0.683. The molecule has 138 valence electrons. The molecule has 2 rings (SSSR count). The number of guanidine groups is 1. The summed E-state index contributed by atoms with van der Waals surface area (Å²) in [6.45, 7) is 8.67. The van der Waals surface area contributed by atoms with Gasteiger partial charge < -0.3 is 10.6 Å². The van der Waals surface area contributed by atoms with E-state index in [2.05, 4.69) is 45.5 Å². The van der Waals surface area contributed by atoms with E-state index in [0.29, 0.717) is 6.54 Å². The van der Waals surface area contributed by atoms with Crippen LogP contribution in [0.15, 0.2) is 35.7 Å². The lowest BCUT2D eigenvalue weighted by Crippen LogP contribution is -2.37. The maximum Gasteiger partial charge on any atom is 0.191 e. The first kappa shape index (κ1) is 21.4. The Morgan fingerprint density at radius 1 is 1.16 bits per heavy atom. The Hall–Kier alpha value is -1.64. The fourth-order valence-electron chi connectivity index (χ4n) is 2.37. The summed E-state index contributed by atoms with van der Waals surface area (Å²) in [4.78, 5) is 13.4. The van der Waals surface area contributed by atoms with E-state index in [-0.39, 0.29) is 24.0 Å². The number of aliphatic imine (C=N–C) groups is 1. The first-order valence-corrected chi connectivity index (χ1v) is 8.72. The number of aromatic nitrogens is 3. The van der Waals surface area contributed by atoms with Crippen LogP contribution >= 0.6 is 24.0 Å². The molecule has 2 aromatic rings. The summed E-state index contributed by atoms with van der Waals surface area (Å²) >= 11 is 0. The van der Waals surface area contributed by atoms with Crippen LogP contribution in [0.3, 0.4) is 0 Å². The molecule has 0 saturated heterocycles. The third-order valence-electron chi connectivity index (χ3n) is 3.72. The minimum Gasteiger partial charge on any atom is -0.357 e. The van der Waals surface area contributed by atoms with Crippen LogP contribution in [0.4, 0.5) is 0 Å². The number of imidazole rings is 1. The highest BCUT2D eigenvalue weighted by atomic mass is 127. The zero-order chi connectivity index (χ0) is 17.2. The molecule has 0 unspecified atom stereocenters. The Morgan fingerprint density at radius 3 is 2.60 bits per heavy atom. The van der Waals surface area contributed by atoms with Crippen molar-refractivity contribution in [2.24, 2.45) is 4.99 Å². The van der Waals surface area contributed by atoms with Gasteiger partial charge in [-0.15, -0.1) is 24.0 Å². The normalized spacial score (nSPS) is 11.1. The summed E-state index contributed by atoms with van der Waals surface area (Å²) < 4.78 is 1.96. The molecule has 0 aliphatic rings. The van der Waals surface area contributed by atoms with E-state index in [4.69, 9.17) is 0 Å². The molecular formula is C18H29IN6. The van der Waals surface area contributed by atoms with E-state index >= 15 is 0 Å². The predicted octanol–water partition coefficient (Wildman–Crippen LogP) is 3.44. The molecule has 6 nitrogen and oxygen atoms in total. The van der Waals surface area contributed by atoms with Crippen LogP contribution in [0, 0.1) is 6.92 Å². The molecule has 2 heterocycles. The smallest absolute Gasteiger partial charge is 0.191 e. The lowest BCUT2D eigenvalue weighted by Gasteiger charge is -2.11. The molecule has 0 amide bonds. The van der Waals surface area contributed by atoms with Crippen molar-refractivity contribution in [3.63, 3.8) is 0 Å². The summed E-state index contributed by atoms with van der Waals surface area (Å²) in [5.74, 6) is 2.67. The molecule has 0 atom stereocenters. The molecule has 0 aromatic carbocycles. The van der Waals surface area contributed by atoms with Crippen LogP contribution < -0.4 is 10.6 Å². The van der Waals surface area contributed by atoms with Gasteiger partial charge in [0, 0.05) is 31.7 Å². The SMILES string of the molecule is CCCCCNC(=NCc1ccc(-n2ccnc2C)nc1)NCC.I. The fraction of sp³-hybridized carbons (Fsp3) is 0.500. The van der Waals surface area contributed by atoms with Gasteiger partial charge in [-0.2, -0.15) is 0 Å². The van der Waals surface area contributed by atoms with E-state index in [0.717, 1.165) is 36.3 Å². The van der Waals surface area contributed by atoms with Crippen LogP contribution in [-0.4, -0.2) is 33.6 Å². The zero-order valence-electron chi connectivity index (χ0n) is 15.3. The summed E-state index contributed by atoms with van der Waals surface area (Å²) in [6.07, 6.45) is 9.21. The first-order valence-electron chi connectivity index (χ1n) is 8.72. The third kappa shape index (κ3) is 7.01. The molecule has 0 aliphatic heterocycles. The average Bonchev–Trinajstić information content (AvgIpc) is 3.03. The van der Waals surface area contributed by atoms with Crippen molar-refractivity contribution in [2.45, 2.75) is 46.6 Å². The Labute approximate surface area is 167 Å². The van der Waals surface area contributed by atoms with E-state index in [1.165, 1.54) is 19.3 Å². The van der Waals surface area contributed by atoms with Gasteiger partial charge in [0.1, 0.15) is 11.6 Å². The molecule has 0 radical (unpaired) electrons. The van der Waals surface area contributed by atoms with Crippen molar-refractivity contribution in [2.75, 3.05) is 13.1 Å². The number of rotatable bonds is 8. The number of pyridine rings is 1. The molecule has 2 aromatic heterocycles. The number of nitrogens with one attached hydrogen (secondary N) is 2. The van der Waals surface area contributed by atoms with Gasteiger partial charge in [-0.05, 0) is 31.9 Å². The van der Waals surface area contributed by atoms with Crippen LogP contribution in [0.1, 0.15) is 44.5 Å². The van der Waals surface area contributed by atoms with E-state index < -0.39 is 0 Å². The molecular weight excluding hydrogens is 427 g/mol. The van der Waals surface area contributed by atoms with Gasteiger partial charge in [0.2, 0.25) is 0 Å². The fourth-order valence-corrected chi connectivity index (χ4v) is 2.37. The summed E-state index contributed by atoms with van der Waals surface area (Å²) in [5.41, 5.74) is 1.09. The first-order chi connectivity index (χ1) is 11.7. The number of hydrogen-bond donors (Lipinski definition) is 2. The van der Waals surface area contributed by atoms with Crippen molar-refractivity contribution in [1.82, 2.24) is 25.2 Å². The monoisotopic (exact) mass is 456 g/mol. The Balaban J connectivity index is 0.00000312. The van der Waals surface area contributed by atoms with Gasteiger partial charge in [-0.3, -0.25) is 4.57 Å². The highest BCUT2D eigenvalue weighted by Crippen LogP contribution is 2.09. The Kier molecular flexibility index (Phi) is 10.1. The van der Waals surface area contributed by atoms with Crippen LogP contribution in [0.5, 0.6) is 0 Å². The van der Waals surface area contributed by atoms with Crippen LogP contribution in [-0.2, 0) is 6.54 Å². The number of unbranched alkanes of at least 4 members (excludes halogenated alkanes) is 2. The second-order valence-corrected chi connectivity index (χ2v) is 5.70. The van der Waals surface area contributed by atoms with Gasteiger partial charge in [-0.25, -0.2) is 15.0 Å². The van der Waals surface area contributed by atoms with Gasteiger partial charge in [0.25, 0.3) is 0 Å². The number of aryl methyl sites for hydroxylation is 1. The van der Waals surface area contributed by atoms with Crippen molar-refractivity contribution in [1.29, 1.82) is 0 Å². The summed E-state index contributed by atoms with van der Waals surface area (Å²) in [6, 6.07) is 4.06. The van der Waals surface area contributed by atoms with Crippen molar-refractivity contribution < 1.29 is 0 Å². The van der Waals surface area contributed by atoms with E-state index in [1.54, 1.807) is 6.20 Å². The van der Waals surface area contributed by atoms with Crippen molar-refractivity contribution >= 4 is 29.9 Å². The lowest BCUT2D eigenvalue weighted by atomic mass is 10.2. The highest BCUT2D eigenvalue weighted by molar-refractivity contribution is 14.0. The largest absolute Gasteiger partial charge is 0.357 e. The molecule has 0 aliphatic carbocycles. The Morgan fingerprint density at radius 2 is 2.00 bits per heavy atom. The highest BCUT2D eigenvalue weighted by Gasteiger charge is 2.02. The van der Waals surface area contributed by atoms with Gasteiger partial charge in [-0.1, -0.05) is 25.8 Å². The number of halogens is 1. The molecule has 0 saturated carbocycles. The van der Waals surface area contributed by atoms with Crippen molar-refractivity contribution in [3.8, 4) is 5.82 Å². The van der Waals surface area contributed by atoms with E-state index in [1.807, 2.05) is 30.0 Å². The van der Waals surface area contributed by atoms with Crippen LogP contribution in [0.25, 0.3) is 5.82 Å². The number of nitrogens with zero attached hydrogens (tertiary/aromatic N) is 4. The van der Waals surface area contributed by atoms with Gasteiger partial charge >= 0.3 is 0 Å². The number of hydrogen-bond acceptors (Lipinski definition) is 3. The average molecular weight is 456 g/mol. The predicted molar refractivity (Wildman–Crippen MR) is 114 cm³/mol.